The van der Waals surface area contributed by atoms with E-state index in [0.29, 0.717) is 21.3 Å². The first-order valence-corrected chi connectivity index (χ1v) is 7.67. The summed E-state index contributed by atoms with van der Waals surface area (Å²) >= 11 is 15.5. The summed E-state index contributed by atoms with van der Waals surface area (Å²) in [6.45, 7) is 1.64. The average molecular weight is 388 g/mol. The Balaban J connectivity index is 2.30. The van der Waals surface area contributed by atoms with E-state index >= 15 is 0 Å². The van der Waals surface area contributed by atoms with Crippen molar-refractivity contribution in [3.05, 3.63) is 62.5 Å². The van der Waals surface area contributed by atoms with Gasteiger partial charge >= 0.3 is 0 Å². The van der Waals surface area contributed by atoms with Crippen molar-refractivity contribution in [1.29, 1.82) is 0 Å². The average Bonchev–Trinajstić information content (AvgIpc) is 2.43. The topological polar surface area (TPSA) is 55.1 Å². The van der Waals surface area contributed by atoms with E-state index < -0.39 is 5.54 Å². The third-order valence-corrected chi connectivity index (χ3v) is 4.14. The minimum atomic E-state index is -1.19. The van der Waals surface area contributed by atoms with Crippen molar-refractivity contribution >= 4 is 50.7 Å². The first-order chi connectivity index (χ1) is 9.82. The molecule has 0 saturated heterocycles. The predicted octanol–water partition coefficient (Wildman–Crippen LogP) is 4.57. The van der Waals surface area contributed by atoms with Crippen LogP contribution in [0.2, 0.25) is 10.0 Å². The summed E-state index contributed by atoms with van der Waals surface area (Å²) in [5.41, 5.74) is 6.01. The molecule has 21 heavy (non-hydrogen) atoms. The molecular weight excluding hydrogens is 375 g/mol. The zero-order valence-electron chi connectivity index (χ0n) is 11.2. The van der Waals surface area contributed by atoms with Gasteiger partial charge in [-0.1, -0.05) is 69.5 Å². The van der Waals surface area contributed by atoms with Crippen molar-refractivity contribution in [1.82, 2.24) is 0 Å². The molecule has 0 saturated carbocycles. The molecule has 3 nitrogen and oxygen atoms in total. The summed E-state index contributed by atoms with van der Waals surface area (Å²) in [5, 5.41) is 3.37. The Morgan fingerprint density at radius 1 is 1.19 bits per heavy atom. The van der Waals surface area contributed by atoms with E-state index in [4.69, 9.17) is 28.9 Å². The third-order valence-electron chi connectivity index (χ3n) is 3.09. The second-order valence-corrected chi connectivity index (χ2v) is 6.50. The first kappa shape index (κ1) is 16.3. The maximum atomic E-state index is 12.5. The van der Waals surface area contributed by atoms with Gasteiger partial charge in [-0.2, -0.15) is 0 Å². The Bertz CT molecular complexity index is 652. The van der Waals surface area contributed by atoms with Gasteiger partial charge in [0.2, 0.25) is 5.91 Å². The minimum absolute atomic E-state index is 0.339. The van der Waals surface area contributed by atoms with Crippen molar-refractivity contribution in [2.24, 2.45) is 5.73 Å². The van der Waals surface area contributed by atoms with Crippen LogP contribution in [0.15, 0.2) is 46.9 Å². The van der Waals surface area contributed by atoms with Gasteiger partial charge in [-0.3, -0.25) is 4.79 Å². The summed E-state index contributed by atoms with van der Waals surface area (Å²) in [5.74, 6) is -0.389. The molecule has 0 heterocycles. The highest BCUT2D eigenvalue weighted by Gasteiger charge is 2.31. The van der Waals surface area contributed by atoms with Gasteiger partial charge < -0.3 is 11.1 Å². The molecule has 0 aromatic heterocycles. The number of nitrogens with one attached hydrogen (secondary N) is 1. The zero-order valence-corrected chi connectivity index (χ0v) is 14.3. The zero-order chi connectivity index (χ0) is 15.6. The quantitative estimate of drug-likeness (QED) is 0.810. The molecule has 0 spiro atoms. The molecule has 0 bridgehead atoms. The van der Waals surface area contributed by atoms with Crippen LogP contribution in [0.3, 0.4) is 0 Å². The van der Waals surface area contributed by atoms with Gasteiger partial charge in [-0.25, -0.2) is 0 Å². The summed E-state index contributed by atoms with van der Waals surface area (Å²) < 4.78 is 0.731. The number of carbonyl (C=O) groups is 1. The molecule has 0 aliphatic rings. The summed E-state index contributed by atoms with van der Waals surface area (Å²) in [7, 11) is 0. The van der Waals surface area contributed by atoms with Gasteiger partial charge in [0.05, 0.1) is 15.7 Å². The largest absolute Gasteiger partial charge is 0.322 e. The molecule has 3 N–H and O–H groups in total. The standard InChI is InChI=1S/C15H13BrCl2N2O/c1-15(19,9-5-3-2-4-6-9)14(21)20-13-11(17)7-10(16)8-12(13)18/h2-8H,19H2,1H3,(H,20,21). The monoisotopic (exact) mass is 386 g/mol. The number of rotatable bonds is 3. The molecule has 2 rings (SSSR count). The predicted molar refractivity (Wildman–Crippen MR) is 90.8 cm³/mol. The SMILES string of the molecule is CC(N)(C(=O)Nc1c(Cl)cc(Br)cc1Cl)c1ccccc1. The summed E-state index contributed by atoms with van der Waals surface area (Å²) in [4.78, 5) is 12.5. The van der Waals surface area contributed by atoms with Crippen LogP contribution in [0.25, 0.3) is 0 Å². The van der Waals surface area contributed by atoms with E-state index in [-0.39, 0.29) is 5.91 Å². The molecule has 2 aromatic carbocycles. The highest BCUT2D eigenvalue weighted by Crippen LogP contribution is 2.34. The lowest BCUT2D eigenvalue weighted by Crippen LogP contribution is -2.45. The van der Waals surface area contributed by atoms with Gasteiger partial charge in [0, 0.05) is 4.47 Å². The number of halogens is 3. The maximum absolute atomic E-state index is 12.5. The number of hydrogen-bond donors (Lipinski definition) is 2. The lowest BCUT2D eigenvalue weighted by Gasteiger charge is -2.24. The highest BCUT2D eigenvalue weighted by molar-refractivity contribution is 9.10. The smallest absolute Gasteiger partial charge is 0.248 e. The molecule has 110 valence electrons. The van der Waals surface area contributed by atoms with Gasteiger partial charge in [-0.05, 0) is 24.6 Å². The van der Waals surface area contributed by atoms with Crippen molar-refractivity contribution in [3.63, 3.8) is 0 Å². The van der Waals surface area contributed by atoms with Crippen LogP contribution in [0.4, 0.5) is 5.69 Å². The highest BCUT2D eigenvalue weighted by atomic mass is 79.9. The molecule has 1 amide bonds. The van der Waals surface area contributed by atoms with E-state index in [9.17, 15) is 4.79 Å². The second kappa shape index (κ2) is 6.36. The number of anilines is 1. The van der Waals surface area contributed by atoms with Crippen molar-refractivity contribution in [3.8, 4) is 0 Å². The van der Waals surface area contributed by atoms with E-state index in [1.54, 1.807) is 31.2 Å². The van der Waals surface area contributed by atoms with E-state index in [1.165, 1.54) is 0 Å². The summed E-state index contributed by atoms with van der Waals surface area (Å²) in [6.07, 6.45) is 0. The van der Waals surface area contributed by atoms with Crippen LogP contribution >= 0.6 is 39.1 Å². The Morgan fingerprint density at radius 2 is 1.71 bits per heavy atom. The number of benzene rings is 2. The van der Waals surface area contributed by atoms with Crippen molar-refractivity contribution < 1.29 is 4.79 Å². The summed E-state index contributed by atoms with van der Waals surface area (Å²) in [6, 6.07) is 12.4. The Labute approximate surface area is 141 Å². The van der Waals surface area contributed by atoms with Crippen molar-refractivity contribution in [2.75, 3.05) is 5.32 Å². The molecule has 6 heteroatoms. The minimum Gasteiger partial charge on any atom is -0.322 e. The number of carbonyl (C=O) groups excluding carboxylic acids is 1. The fourth-order valence-electron chi connectivity index (χ4n) is 1.82. The molecule has 2 aromatic rings. The normalized spacial score (nSPS) is 13.6. The van der Waals surface area contributed by atoms with Crippen LogP contribution in [-0.2, 0) is 10.3 Å². The molecule has 0 aliphatic carbocycles. The fourth-order valence-corrected chi connectivity index (χ4v) is 3.12. The maximum Gasteiger partial charge on any atom is 0.248 e. The second-order valence-electron chi connectivity index (χ2n) is 4.77. The van der Waals surface area contributed by atoms with Crippen LogP contribution in [0.1, 0.15) is 12.5 Å². The Kier molecular flexibility index (Phi) is 4.94. The van der Waals surface area contributed by atoms with E-state index in [1.807, 2.05) is 18.2 Å². The first-order valence-electron chi connectivity index (χ1n) is 6.13. The molecule has 0 radical (unpaired) electrons. The van der Waals surface area contributed by atoms with Gasteiger partial charge in [0.25, 0.3) is 0 Å². The van der Waals surface area contributed by atoms with Gasteiger partial charge in [0.15, 0.2) is 0 Å². The fraction of sp³-hybridized carbons (Fsp3) is 0.133. The lowest BCUT2D eigenvalue weighted by molar-refractivity contribution is -0.120. The third kappa shape index (κ3) is 3.58. The van der Waals surface area contributed by atoms with E-state index in [2.05, 4.69) is 21.2 Å². The van der Waals surface area contributed by atoms with Crippen LogP contribution in [0, 0.1) is 0 Å². The Morgan fingerprint density at radius 3 is 2.24 bits per heavy atom. The molecule has 1 unspecified atom stereocenters. The number of amides is 1. The van der Waals surface area contributed by atoms with E-state index in [0.717, 1.165) is 4.47 Å². The van der Waals surface area contributed by atoms with Crippen LogP contribution < -0.4 is 11.1 Å². The Hall–Kier alpha value is -1.07. The molecular formula is C15H13BrCl2N2O. The molecule has 0 fully saturated rings. The van der Waals surface area contributed by atoms with Crippen LogP contribution in [-0.4, -0.2) is 5.91 Å². The molecule has 1 atom stereocenters. The van der Waals surface area contributed by atoms with Crippen molar-refractivity contribution in [2.45, 2.75) is 12.5 Å². The number of nitrogens with two attached hydrogens (primary N) is 1. The molecule has 0 aliphatic heterocycles. The lowest BCUT2D eigenvalue weighted by atomic mass is 9.92. The van der Waals surface area contributed by atoms with Gasteiger partial charge in [-0.15, -0.1) is 0 Å². The number of hydrogen-bond acceptors (Lipinski definition) is 2. The van der Waals surface area contributed by atoms with Crippen LogP contribution in [0.5, 0.6) is 0 Å². The van der Waals surface area contributed by atoms with Gasteiger partial charge in [0.1, 0.15) is 5.54 Å².